The summed E-state index contributed by atoms with van der Waals surface area (Å²) in [5.74, 6) is 2.28. The van der Waals surface area contributed by atoms with E-state index in [-0.39, 0.29) is 0 Å². The number of nitriles is 1. The Morgan fingerprint density at radius 3 is 2.36 bits per heavy atom. The van der Waals surface area contributed by atoms with E-state index in [0.717, 1.165) is 16.9 Å². The van der Waals surface area contributed by atoms with Gasteiger partial charge in [0.1, 0.15) is 11.6 Å². The van der Waals surface area contributed by atoms with Crippen LogP contribution in [-0.2, 0) is 0 Å². The maximum absolute atomic E-state index is 8.94. The lowest BCUT2D eigenvalue weighted by molar-refractivity contribution is 0.400. The Balaban J connectivity index is 1.69. The average Bonchev–Trinajstić information content (AvgIpc) is 3.13. The molecule has 2 N–H and O–H groups in total. The normalized spacial score (nSPS) is 10.3. The van der Waals surface area contributed by atoms with Gasteiger partial charge in [-0.2, -0.15) is 10.2 Å². The molecule has 0 aliphatic carbocycles. The van der Waals surface area contributed by atoms with Gasteiger partial charge in [0.05, 0.1) is 17.3 Å². The molecule has 2 aromatic carbocycles. The van der Waals surface area contributed by atoms with E-state index in [1.807, 2.05) is 55.5 Å². The fourth-order valence-corrected chi connectivity index (χ4v) is 2.64. The molecule has 0 aliphatic rings. The average molecular weight is 368 g/mol. The van der Waals surface area contributed by atoms with E-state index in [9.17, 15) is 0 Å². The molecule has 2 heterocycles. The molecule has 0 atom stereocenters. The first-order valence-electron chi connectivity index (χ1n) is 8.62. The number of hydrogen-bond acceptors (Lipinski definition) is 7. The summed E-state index contributed by atoms with van der Waals surface area (Å²) >= 11 is 0. The second kappa shape index (κ2) is 7.60. The zero-order valence-corrected chi connectivity index (χ0v) is 15.0. The fourth-order valence-electron chi connectivity index (χ4n) is 2.64. The van der Waals surface area contributed by atoms with Crippen molar-refractivity contribution < 1.29 is 4.52 Å². The molecular weight excluding hydrogens is 352 g/mol. The van der Waals surface area contributed by atoms with E-state index in [2.05, 4.69) is 31.8 Å². The molecule has 7 nitrogen and oxygen atoms in total. The molecule has 0 unspecified atom stereocenters. The third-order valence-corrected chi connectivity index (χ3v) is 3.95. The van der Waals surface area contributed by atoms with E-state index in [4.69, 9.17) is 9.78 Å². The summed E-state index contributed by atoms with van der Waals surface area (Å²) in [7, 11) is 0. The summed E-state index contributed by atoms with van der Waals surface area (Å²) in [6.07, 6.45) is 0. The lowest BCUT2D eigenvalue weighted by atomic mass is 10.1. The Labute approximate surface area is 161 Å². The van der Waals surface area contributed by atoms with Gasteiger partial charge in [0.2, 0.25) is 5.95 Å². The molecule has 0 bridgehead atoms. The molecule has 0 saturated carbocycles. The molecule has 0 fully saturated rings. The van der Waals surface area contributed by atoms with Crippen molar-refractivity contribution >= 4 is 23.3 Å². The zero-order valence-electron chi connectivity index (χ0n) is 15.0. The summed E-state index contributed by atoms with van der Waals surface area (Å²) in [4.78, 5) is 9.14. The summed E-state index contributed by atoms with van der Waals surface area (Å²) in [6.45, 7) is 1.82. The van der Waals surface area contributed by atoms with E-state index < -0.39 is 0 Å². The van der Waals surface area contributed by atoms with Crippen LogP contribution in [0.4, 0.5) is 23.3 Å². The Kier molecular flexibility index (Phi) is 4.68. The van der Waals surface area contributed by atoms with Crippen LogP contribution >= 0.6 is 0 Å². The highest BCUT2D eigenvalue weighted by Crippen LogP contribution is 2.25. The van der Waals surface area contributed by atoms with Crippen LogP contribution in [0, 0.1) is 18.3 Å². The summed E-state index contributed by atoms with van der Waals surface area (Å²) in [6, 6.07) is 22.7. The number of hydrogen-bond donors (Lipinski definition) is 2. The number of aromatic nitrogens is 3. The molecule has 7 heteroatoms. The van der Waals surface area contributed by atoms with Gasteiger partial charge in [0.15, 0.2) is 5.82 Å². The monoisotopic (exact) mass is 368 g/mol. The highest BCUT2D eigenvalue weighted by atomic mass is 16.5. The minimum Gasteiger partial charge on any atom is -0.360 e. The van der Waals surface area contributed by atoms with Gasteiger partial charge >= 0.3 is 0 Å². The molecule has 0 radical (unpaired) electrons. The van der Waals surface area contributed by atoms with E-state index in [1.165, 1.54) is 0 Å². The van der Waals surface area contributed by atoms with Crippen LogP contribution in [0.5, 0.6) is 0 Å². The molecular formula is C21H16N6O. The van der Waals surface area contributed by atoms with Gasteiger partial charge in [-0.25, -0.2) is 4.98 Å². The first-order valence-corrected chi connectivity index (χ1v) is 8.62. The van der Waals surface area contributed by atoms with Crippen molar-refractivity contribution in [1.29, 1.82) is 5.26 Å². The largest absolute Gasteiger partial charge is 0.360 e. The molecule has 4 rings (SSSR count). The highest BCUT2D eigenvalue weighted by molar-refractivity contribution is 5.68. The smallest absolute Gasteiger partial charge is 0.229 e. The van der Waals surface area contributed by atoms with Gasteiger partial charge in [-0.05, 0) is 31.2 Å². The minimum atomic E-state index is 0.425. The van der Waals surface area contributed by atoms with Crippen LogP contribution in [0.1, 0.15) is 11.3 Å². The Bertz CT molecular complexity index is 1130. The zero-order chi connectivity index (χ0) is 19.3. The van der Waals surface area contributed by atoms with Crippen molar-refractivity contribution in [3.63, 3.8) is 0 Å². The van der Waals surface area contributed by atoms with Gasteiger partial charge in [0.25, 0.3) is 0 Å². The van der Waals surface area contributed by atoms with Crippen molar-refractivity contribution in [2.45, 2.75) is 6.92 Å². The van der Waals surface area contributed by atoms with Crippen LogP contribution in [0.25, 0.3) is 11.3 Å². The van der Waals surface area contributed by atoms with Gasteiger partial charge in [-0.1, -0.05) is 35.5 Å². The molecule has 0 aliphatic heterocycles. The van der Waals surface area contributed by atoms with Crippen LogP contribution in [-0.4, -0.2) is 15.1 Å². The lowest BCUT2D eigenvalue weighted by Gasteiger charge is -2.10. The van der Waals surface area contributed by atoms with Gasteiger partial charge in [-0.15, -0.1) is 0 Å². The predicted octanol–water partition coefficient (Wildman–Crippen LogP) is 4.80. The van der Waals surface area contributed by atoms with E-state index in [0.29, 0.717) is 28.9 Å². The first kappa shape index (κ1) is 17.2. The minimum absolute atomic E-state index is 0.425. The molecule has 4 aromatic rings. The fraction of sp³-hybridized carbons (Fsp3) is 0.0476. The number of nitrogens with zero attached hydrogens (tertiary/aromatic N) is 4. The first-order chi connectivity index (χ1) is 13.7. The highest BCUT2D eigenvalue weighted by Gasteiger charge is 2.09. The van der Waals surface area contributed by atoms with Crippen molar-refractivity contribution in [2.75, 3.05) is 10.6 Å². The van der Waals surface area contributed by atoms with Crippen molar-refractivity contribution in [3.05, 3.63) is 78.1 Å². The molecule has 136 valence electrons. The summed E-state index contributed by atoms with van der Waals surface area (Å²) in [5.41, 5.74) is 3.10. The van der Waals surface area contributed by atoms with Gasteiger partial charge < -0.3 is 15.2 Å². The molecule has 2 aromatic heterocycles. The quantitative estimate of drug-likeness (QED) is 0.522. The standard InChI is InChI=1S/C21H16N6O/c1-14-11-20(27-28-14)25-19-12-18(16-5-3-2-4-6-16)24-21(26-19)23-17-9-7-15(13-22)8-10-17/h2-12H,1H3,(H2,23,24,25,26,27). The topological polar surface area (TPSA) is 99.7 Å². The second-order valence-corrected chi connectivity index (χ2v) is 6.09. The van der Waals surface area contributed by atoms with Gasteiger partial charge in [0, 0.05) is 23.4 Å². The Hall–Kier alpha value is -4.18. The second-order valence-electron chi connectivity index (χ2n) is 6.09. The van der Waals surface area contributed by atoms with Crippen molar-refractivity contribution in [3.8, 4) is 17.3 Å². The summed E-state index contributed by atoms with van der Waals surface area (Å²) < 4.78 is 5.10. The predicted molar refractivity (Wildman–Crippen MR) is 106 cm³/mol. The molecule has 0 amide bonds. The maximum Gasteiger partial charge on any atom is 0.229 e. The maximum atomic E-state index is 8.94. The number of benzene rings is 2. The van der Waals surface area contributed by atoms with Crippen molar-refractivity contribution in [2.24, 2.45) is 0 Å². The van der Waals surface area contributed by atoms with E-state index in [1.54, 1.807) is 18.2 Å². The van der Waals surface area contributed by atoms with Crippen LogP contribution in [0.3, 0.4) is 0 Å². The van der Waals surface area contributed by atoms with Crippen LogP contribution in [0.15, 0.2) is 71.3 Å². The SMILES string of the molecule is Cc1cc(Nc2cc(-c3ccccc3)nc(Nc3ccc(C#N)cc3)n2)no1. The molecule has 0 saturated heterocycles. The summed E-state index contributed by atoms with van der Waals surface area (Å²) in [5, 5.41) is 19.2. The third-order valence-electron chi connectivity index (χ3n) is 3.95. The van der Waals surface area contributed by atoms with Crippen LogP contribution in [0.2, 0.25) is 0 Å². The van der Waals surface area contributed by atoms with Crippen molar-refractivity contribution in [1.82, 2.24) is 15.1 Å². The van der Waals surface area contributed by atoms with Gasteiger partial charge in [-0.3, -0.25) is 0 Å². The van der Waals surface area contributed by atoms with Crippen LogP contribution < -0.4 is 10.6 Å². The number of rotatable bonds is 5. The molecule has 28 heavy (non-hydrogen) atoms. The third kappa shape index (κ3) is 3.97. The number of aryl methyl sites for hydroxylation is 1. The number of nitrogens with one attached hydrogen (secondary N) is 2. The lowest BCUT2D eigenvalue weighted by Crippen LogP contribution is -2.02. The molecule has 0 spiro atoms. The van der Waals surface area contributed by atoms with E-state index >= 15 is 0 Å². The Morgan fingerprint density at radius 1 is 0.893 bits per heavy atom. The number of anilines is 4. The Morgan fingerprint density at radius 2 is 1.68 bits per heavy atom.